The second-order valence-electron chi connectivity index (χ2n) is 14.2. The molecular weight excluding hydrogens is 620 g/mol. The molecule has 0 aliphatic carbocycles. The predicted octanol–water partition coefficient (Wildman–Crippen LogP) is 5.80. The quantitative estimate of drug-likeness (QED) is 0.184. The van der Waals surface area contributed by atoms with E-state index in [2.05, 4.69) is 15.6 Å². The van der Waals surface area contributed by atoms with E-state index >= 15 is 0 Å². The summed E-state index contributed by atoms with van der Waals surface area (Å²) in [4.78, 5) is 59.4. The van der Waals surface area contributed by atoms with Gasteiger partial charge in [0.2, 0.25) is 11.8 Å². The van der Waals surface area contributed by atoms with Gasteiger partial charge in [-0.3, -0.25) is 14.4 Å². The number of fused-ring (bicyclic) bond motifs is 1. The third-order valence-electron chi connectivity index (χ3n) is 8.94. The molecule has 1 fully saturated rings. The number of hydrogen-bond acceptors (Lipinski definition) is 6. The van der Waals surface area contributed by atoms with Gasteiger partial charge in [0, 0.05) is 36.6 Å². The number of esters is 1. The van der Waals surface area contributed by atoms with E-state index in [0.717, 1.165) is 27.6 Å². The summed E-state index contributed by atoms with van der Waals surface area (Å²) < 4.78 is 11.3. The summed E-state index contributed by atoms with van der Waals surface area (Å²) in [5.41, 5.74) is 0.469. The number of ether oxygens (including phenoxy) is 2. The van der Waals surface area contributed by atoms with E-state index < -0.39 is 34.6 Å². The Labute approximate surface area is 287 Å². The van der Waals surface area contributed by atoms with Gasteiger partial charge in [-0.15, -0.1) is 0 Å². The maximum absolute atomic E-state index is 14.3. The van der Waals surface area contributed by atoms with Gasteiger partial charge in [0.1, 0.15) is 23.8 Å². The van der Waals surface area contributed by atoms with Crippen molar-refractivity contribution < 1.29 is 28.7 Å². The number of piperidine rings is 1. The topological polar surface area (TPSA) is 130 Å². The highest BCUT2D eigenvalue weighted by Crippen LogP contribution is 2.37. The Bertz CT molecular complexity index is 1770. The van der Waals surface area contributed by atoms with Gasteiger partial charge >= 0.3 is 12.1 Å². The Kier molecular flexibility index (Phi) is 10.5. The lowest BCUT2D eigenvalue weighted by molar-refractivity contribution is -0.156. The van der Waals surface area contributed by atoms with Crippen LogP contribution in [0.3, 0.4) is 0 Å². The minimum absolute atomic E-state index is 0.156. The molecule has 0 bridgehead atoms. The molecule has 1 atom stereocenters. The van der Waals surface area contributed by atoms with Crippen molar-refractivity contribution in [2.75, 3.05) is 13.1 Å². The van der Waals surface area contributed by atoms with Crippen LogP contribution in [0.1, 0.15) is 64.2 Å². The zero-order valence-corrected chi connectivity index (χ0v) is 28.9. The smallest absolute Gasteiger partial charge is 0.408 e. The van der Waals surface area contributed by atoms with Gasteiger partial charge in [-0.25, -0.2) is 4.79 Å². The zero-order valence-electron chi connectivity index (χ0n) is 28.9. The van der Waals surface area contributed by atoms with E-state index in [1.165, 1.54) is 0 Å². The van der Waals surface area contributed by atoms with Crippen LogP contribution in [0, 0.1) is 0 Å². The molecule has 1 aromatic heterocycles. The average Bonchev–Trinajstić information content (AvgIpc) is 3.49. The van der Waals surface area contributed by atoms with Crippen LogP contribution in [0.4, 0.5) is 4.79 Å². The van der Waals surface area contributed by atoms with Crippen molar-refractivity contribution in [2.24, 2.45) is 0 Å². The van der Waals surface area contributed by atoms with E-state index in [-0.39, 0.29) is 38.0 Å². The van der Waals surface area contributed by atoms with Crippen LogP contribution in [0.25, 0.3) is 10.9 Å². The number of benzene rings is 3. The lowest BCUT2D eigenvalue weighted by atomic mass is 9.72. The minimum Gasteiger partial charge on any atom is -0.460 e. The number of carbonyl (C=O) groups excluding carboxylic acids is 4. The number of alkyl carbamates (subject to hydrolysis) is 1. The average molecular weight is 667 g/mol. The van der Waals surface area contributed by atoms with Gasteiger partial charge in [0.25, 0.3) is 0 Å². The first kappa shape index (κ1) is 35.2. The van der Waals surface area contributed by atoms with E-state index in [4.69, 9.17) is 9.47 Å². The number of aromatic nitrogens is 1. The molecule has 258 valence electrons. The van der Waals surface area contributed by atoms with Crippen molar-refractivity contribution >= 4 is 34.8 Å². The molecule has 1 aliphatic heterocycles. The Morgan fingerprint density at radius 1 is 0.857 bits per heavy atom. The Balaban J connectivity index is 1.36. The molecule has 49 heavy (non-hydrogen) atoms. The number of amides is 3. The number of nitrogens with one attached hydrogen (secondary N) is 3. The predicted molar refractivity (Wildman–Crippen MR) is 188 cm³/mol. The summed E-state index contributed by atoms with van der Waals surface area (Å²) in [5, 5.41) is 6.52. The fourth-order valence-corrected chi connectivity index (χ4v) is 6.23. The summed E-state index contributed by atoms with van der Waals surface area (Å²) in [6, 6.07) is 25.9. The van der Waals surface area contributed by atoms with Crippen LogP contribution >= 0.6 is 0 Å². The van der Waals surface area contributed by atoms with Crippen molar-refractivity contribution in [2.45, 2.75) is 83.1 Å². The molecule has 0 saturated carbocycles. The van der Waals surface area contributed by atoms with Crippen LogP contribution in [0.2, 0.25) is 0 Å². The first-order valence-corrected chi connectivity index (χ1v) is 16.7. The molecule has 1 saturated heterocycles. The molecule has 4 aromatic rings. The monoisotopic (exact) mass is 666 g/mol. The zero-order chi connectivity index (χ0) is 35.2. The number of rotatable bonds is 10. The number of para-hydroxylation sites is 1. The largest absolute Gasteiger partial charge is 0.460 e. The third-order valence-corrected chi connectivity index (χ3v) is 8.94. The van der Waals surface area contributed by atoms with Crippen LogP contribution in [-0.2, 0) is 42.3 Å². The van der Waals surface area contributed by atoms with Gasteiger partial charge in [0.05, 0.1) is 5.41 Å². The first-order valence-electron chi connectivity index (χ1n) is 16.7. The highest BCUT2D eigenvalue weighted by molar-refractivity contribution is 5.94. The standard InChI is InChI=1S/C39H46N4O6/c1-37(2,3)49-36(47)42-38(4,5)34(45)41-32(24-28-25-40-31-19-13-12-18-30(28)31)33(44)43-22-20-39(21-23-43,29-16-10-7-11-17-29)35(46)48-26-27-14-8-6-9-15-27/h6-19,25,32,40H,20-24,26H2,1-5H3,(H,41,45)(H,42,47)/t32-/m1/s1. The molecule has 10 heteroatoms. The summed E-state index contributed by atoms with van der Waals surface area (Å²) in [6.45, 7) is 9.08. The Morgan fingerprint density at radius 2 is 1.47 bits per heavy atom. The van der Waals surface area contributed by atoms with Crippen LogP contribution in [0.15, 0.2) is 91.1 Å². The van der Waals surface area contributed by atoms with Crippen molar-refractivity contribution in [3.05, 3.63) is 108 Å². The molecular formula is C39H46N4O6. The second-order valence-corrected chi connectivity index (χ2v) is 14.2. The maximum Gasteiger partial charge on any atom is 0.408 e. The van der Waals surface area contributed by atoms with Gasteiger partial charge in [-0.1, -0.05) is 78.9 Å². The molecule has 3 aromatic carbocycles. The van der Waals surface area contributed by atoms with Crippen LogP contribution in [0.5, 0.6) is 0 Å². The van der Waals surface area contributed by atoms with Crippen LogP contribution in [-0.4, -0.2) is 64.0 Å². The molecule has 0 unspecified atom stereocenters. The summed E-state index contributed by atoms with van der Waals surface area (Å²) >= 11 is 0. The van der Waals surface area contributed by atoms with E-state index in [0.29, 0.717) is 12.8 Å². The normalized spacial score (nSPS) is 15.2. The molecule has 2 heterocycles. The van der Waals surface area contributed by atoms with Gasteiger partial charge in [0.15, 0.2) is 0 Å². The fourth-order valence-electron chi connectivity index (χ4n) is 6.23. The molecule has 0 spiro atoms. The summed E-state index contributed by atoms with van der Waals surface area (Å²) in [7, 11) is 0. The van der Waals surface area contributed by atoms with Crippen molar-refractivity contribution in [1.29, 1.82) is 0 Å². The lowest BCUT2D eigenvalue weighted by Gasteiger charge is -2.41. The van der Waals surface area contributed by atoms with Crippen molar-refractivity contribution in [3.63, 3.8) is 0 Å². The molecule has 0 radical (unpaired) electrons. The first-order chi connectivity index (χ1) is 23.3. The van der Waals surface area contributed by atoms with Gasteiger partial charge in [-0.2, -0.15) is 0 Å². The van der Waals surface area contributed by atoms with E-state index in [1.807, 2.05) is 91.1 Å². The van der Waals surface area contributed by atoms with Crippen molar-refractivity contribution in [1.82, 2.24) is 20.5 Å². The minimum atomic E-state index is -1.38. The van der Waals surface area contributed by atoms with Crippen LogP contribution < -0.4 is 10.6 Å². The van der Waals surface area contributed by atoms with Gasteiger partial charge < -0.3 is 30.0 Å². The Morgan fingerprint density at radius 3 is 2.12 bits per heavy atom. The number of nitrogens with zero attached hydrogens (tertiary/aromatic N) is 1. The number of carbonyl (C=O) groups is 4. The van der Waals surface area contributed by atoms with Crippen molar-refractivity contribution in [3.8, 4) is 0 Å². The van der Waals surface area contributed by atoms with E-state index in [9.17, 15) is 19.2 Å². The molecule has 3 amide bonds. The van der Waals surface area contributed by atoms with Gasteiger partial charge in [-0.05, 0) is 70.2 Å². The fraction of sp³-hybridized carbons (Fsp3) is 0.385. The number of aromatic amines is 1. The summed E-state index contributed by atoms with van der Waals surface area (Å²) in [5.74, 6) is -1.13. The molecule has 1 aliphatic rings. The number of hydrogen-bond donors (Lipinski definition) is 3. The highest BCUT2D eigenvalue weighted by atomic mass is 16.6. The maximum atomic E-state index is 14.3. The number of likely N-dealkylation sites (tertiary alicyclic amines) is 1. The highest BCUT2D eigenvalue weighted by Gasteiger charge is 2.46. The second kappa shape index (κ2) is 14.6. The third kappa shape index (κ3) is 8.49. The molecule has 3 N–H and O–H groups in total. The lowest BCUT2D eigenvalue weighted by Crippen LogP contribution is -2.61. The van der Waals surface area contributed by atoms with E-state index in [1.54, 1.807) is 39.5 Å². The number of H-pyrrole nitrogens is 1. The summed E-state index contributed by atoms with van der Waals surface area (Å²) in [6.07, 6.45) is 2.04. The molecule has 10 nitrogen and oxygen atoms in total. The molecule has 5 rings (SSSR count). The Hall–Kier alpha value is -5.12. The SMILES string of the molecule is CC(C)(C)OC(=O)NC(C)(C)C(=O)N[C@H](Cc1c[nH]c2ccccc12)C(=O)N1CCC(C(=O)OCc2ccccc2)(c2ccccc2)CC1.